The number of thiophene rings is 1. The monoisotopic (exact) mass is 259 g/mol. The molecule has 0 fully saturated rings. The zero-order valence-corrected chi connectivity index (χ0v) is 12.2. The van der Waals surface area contributed by atoms with E-state index in [9.17, 15) is 0 Å². The second kappa shape index (κ2) is 6.17. The smallest absolute Gasteiger partial charge is 0.0320 e. The number of hydrogen-bond acceptors (Lipinski definition) is 2. The van der Waals surface area contributed by atoms with Crippen molar-refractivity contribution < 1.29 is 0 Å². The topological polar surface area (TPSA) is 12.0 Å². The normalized spacial score (nSPS) is 12.6. The fourth-order valence-electron chi connectivity index (χ4n) is 2.10. The first kappa shape index (κ1) is 13.3. The van der Waals surface area contributed by atoms with Crippen LogP contribution in [0.15, 0.2) is 35.0 Å². The van der Waals surface area contributed by atoms with Gasteiger partial charge in [-0.15, -0.1) is 0 Å². The average Bonchev–Trinajstić information content (AvgIpc) is 2.78. The molecule has 0 aliphatic carbocycles. The molecule has 1 aromatic heterocycles. The standard InChI is InChI=1S/C16H21NS/c1-4-16(14-7-5-12(2)6-8-14)17-9-15-11-18-10-13(15)3/h5-8,10-11,16-17H,4,9H2,1-3H3. The van der Waals surface area contributed by atoms with Gasteiger partial charge in [-0.1, -0.05) is 36.8 Å². The molecular formula is C16H21NS. The van der Waals surface area contributed by atoms with E-state index >= 15 is 0 Å². The zero-order valence-electron chi connectivity index (χ0n) is 11.4. The number of rotatable bonds is 5. The van der Waals surface area contributed by atoms with E-state index in [1.54, 1.807) is 11.3 Å². The van der Waals surface area contributed by atoms with E-state index in [0.717, 1.165) is 13.0 Å². The lowest BCUT2D eigenvalue weighted by Gasteiger charge is -2.17. The van der Waals surface area contributed by atoms with Gasteiger partial charge in [-0.05, 0) is 47.7 Å². The highest BCUT2D eigenvalue weighted by Crippen LogP contribution is 2.19. The van der Waals surface area contributed by atoms with Crippen LogP contribution in [0.5, 0.6) is 0 Å². The Hall–Kier alpha value is -1.12. The van der Waals surface area contributed by atoms with E-state index in [0.29, 0.717) is 6.04 Å². The molecule has 0 radical (unpaired) electrons. The maximum absolute atomic E-state index is 3.66. The van der Waals surface area contributed by atoms with Gasteiger partial charge in [0, 0.05) is 12.6 Å². The molecule has 0 amide bonds. The van der Waals surface area contributed by atoms with Crippen LogP contribution >= 0.6 is 11.3 Å². The van der Waals surface area contributed by atoms with Crippen LogP contribution in [0, 0.1) is 13.8 Å². The van der Waals surface area contributed by atoms with Gasteiger partial charge in [0.1, 0.15) is 0 Å². The van der Waals surface area contributed by atoms with Gasteiger partial charge in [-0.2, -0.15) is 11.3 Å². The Kier molecular flexibility index (Phi) is 4.56. The van der Waals surface area contributed by atoms with Crippen molar-refractivity contribution >= 4 is 11.3 Å². The summed E-state index contributed by atoms with van der Waals surface area (Å²) in [5.41, 5.74) is 5.52. The number of aryl methyl sites for hydroxylation is 2. The van der Waals surface area contributed by atoms with E-state index in [1.165, 1.54) is 22.3 Å². The van der Waals surface area contributed by atoms with Crippen LogP contribution in [-0.2, 0) is 6.54 Å². The molecule has 2 aromatic rings. The quantitative estimate of drug-likeness (QED) is 0.827. The van der Waals surface area contributed by atoms with Gasteiger partial charge in [0.25, 0.3) is 0 Å². The summed E-state index contributed by atoms with van der Waals surface area (Å²) in [6.45, 7) is 7.51. The molecule has 2 heteroatoms. The first-order valence-electron chi connectivity index (χ1n) is 6.52. The molecule has 0 aliphatic rings. The lowest BCUT2D eigenvalue weighted by Crippen LogP contribution is -2.20. The van der Waals surface area contributed by atoms with Crippen LogP contribution in [0.1, 0.15) is 41.6 Å². The fourth-order valence-corrected chi connectivity index (χ4v) is 2.95. The molecule has 1 heterocycles. The Morgan fingerprint density at radius 3 is 2.39 bits per heavy atom. The molecule has 1 nitrogen and oxygen atoms in total. The third-order valence-electron chi connectivity index (χ3n) is 3.39. The number of hydrogen-bond donors (Lipinski definition) is 1. The molecule has 1 N–H and O–H groups in total. The molecule has 1 atom stereocenters. The van der Waals surface area contributed by atoms with E-state index in [2.05, 4.69) is 61.1 Å². The van der Waals surface area contributed by atoms with Crippen molar-refractivity contribution in [2.45, 2.75) is 39.8 Å². The summed E-state index contributed by atoms with van der Waals surface area (Å²) in [5, 5.41) is 8.11. The predicted molar refractivity (Wildman–Crippen MR) is 80.1 cm³/mol. The summed E-state index contributed by atoms with van der Waals surface area (Å²) in [7, 11) is 0. The zero-order chi connectivity index (χ0) is 13.0. The largest absolute Gasteiger partial charge is 0.306 e. The Bertz CT molecular complexity index is 484. The lowest BCUT2D eigenvalue weighted by atomic mass is 10.0. The fraction of sp³-hybridized carbons (Fsp3) is 0.375. The molecule has 0 spiro atoms. The minimum Gasteiger partial charge on any atom is -0.306 e. The first-order chi connectivity index (χ1) is 8.70. The molecule has 18 heavy (non-hydrogen) atoms. The average molecular weight is 259 g/mol. The molecular weight excluding hydrogens is 238 g/mol. The Labute approximate surface area is 114 Å². The molecule has 2 rings (SSSR count). The third kappa shape index (κ3) is 3.21. The summed E-state index contributed by atoms with van der Waals surface area (Å²) in [5.74, 6) is 0. The summed E-state index contributed by atoms with van der Waals surface area (Å²) < 4.78 is 0. The van der Waals surface area contributed by atoms with Crippen LogP contribution in [0.25, 0.3) is 0 Å². The summed E-state index contributed by atoms with van der Waals surface area (Å²) in [6.07, 6.45) is 1.12. The first-order valence-corrected chi connectivity index (χ1v) is 7.46. The van der Waals surface area contributed by atoms with Gasteiger partial charge in [-0.25, -0.2) is 0 Å². The lowest BCUT2D eigenvalue weighted by molar-refractivity contribution is 0.518. The number of nitrogens with one attached hydrogen (secondary N) is 1. The predicted octanol–water partition coefficient (Wildman–Crippen LogP) is 4.61. The van der Waals surface area contributed by atoms with Gasteiger partial charge in [0.2, 0.25) is 0 Å². The second-order valence-corrected chi connectivity index (χ2v) is 5.58. The van der Waals surface area contributed by atoms with E-state index in [1.807, 2.05) is 0 Å². The molecule has 0 saturated carbocycles. The molecule has 0 saturated heterocycles. The van der Waals surface area contributed by atoms with Crippen molar-refractivity contribution in [3.63, 3.8) is 0 Å². The minimum absolute atomic E-state index is 0.449. The van der Waals surface area contributed by atoms with Crippen molar-refractivity contribution in [3.05, 3.63) is 57.3 Å². The van der Waals surface area contributed by atoms with Gasteiger partial charge >= 0.3 is 0 Å². The molecule has 96 valence electrons. The van der Waals surface area contributed by atoms with Crippen LogP contribution in [0.4, 0.5) is 0 Å². The Balaban J connectivity index is 2.01. The highest BCUT2D eigenvalue weighted by Gasteiger charge is 2.09. The molecule has 0 bridgehead atoms. The van der Waals surface area contributed by atoms with Crippen LogP contribution in [-0.4, -0.2) is 0 Å². The maximum Gasteiger partial charge on any atom is 0.0320 e. The van der Waals surface area contributed by atoms with Gasteiger partial charge in [-0.3, -0.25) is 0 Å². The van der Waals surface area contributed by atoms with Crippen LogP contribution < -0.4 is 5.32 Å². The molecule has 0 aliphatic heterocycles. The van der Waals surface area contributed by atoms with E-state index in [4.69, 9.17) is 0 Å². The summed E-state index contributed by atoms with van der Waals surface area (Å²) in [6, 6.07) is 9.30. The van der Waals surface area contributed by atoms with Crippen molar-refractivity contribution in [1.82, 2.24) is 5.32 Å². The van der Waals surface area contributed by atoms with Crippen LogP contribution in [0.2, 0.25) is 0 Å². The van der Waals surface area contributed by atoms with Crippen molar-refractivity contribution in [1.29, 1.82) is 0 Å². The van der Waals surface area contributed by atoms with Crippen molar-refractivity contribution in [2.75, 3.05) is 0 Å². The van der Waals surface area contributed by atoms with Gasteiger partial charge < -0.3 is 5.32 Å². The van der Waals surface area contributed by atoms with Gasteiger partial charge in [0.15, 0.2) is 0 Å². The highest BCUT2D eigenvalue weighted by atomic mass is 32.1. The van der Waals surface area contributed by atoms with E-state index in [-0.39, 0.29) is 0 Å². The summed E-state index contributed by atoms with van der Waals surface area (Å²) >= 11 is 1.78. The van der Waals surface area contributed by atoms with E-state index < -0.39 is 0 Å². The van der Waals surface area contributed by atoms with Crippen molar-refractivity contribution in [3.8, 4) is 0 Å². The minimum atomic E-state index is 0.449. The highest BCUT2D eigenvalue weighted by molar-refractivity contribution is 7.08. The van der Waals surface area contributed by atoms with Gasteiger partial charge in [0.05, 0.1) is 0 Å². The van der Waals surface area contributed by atoms with Crippen LogP contribution in [0.3, 0.4) is 0 Å². The molecule has 1 unspecified atom stereocenters. The second-order valence-electron chi connectivity index (χ2n) is 4.83. The van der Waals surface area contributed by atoms with Crippen molar-refractivity contribution in [2.24, 2.45) is 0 Å². The maximum atomic E-state index is 3.66. The third-order valence-corrected chi connectivity index (χ3v) is 4.30. The molecule has 1 aromatic carbocycles. The number of benzene rings is 1. The summed E-state index contributed by atoms with van der Waals surface area (Å²) in [4.78, 5) is 0. The SMILES string of the molecule is CCC(NCc1cscc1C)c1ccc(C)cc1. The Morgan fingerprint density at radius 2 is 1.83 bits per heavy atom. The Morgan fingerprint density at radius 1 is 1.11 bits per heavy atom.